The number of Topliss-reactive ketones (excluding diaryl/α,β-unsaturated/α-hetero) is 2. The molecule has 0 saturated carbocycles. The number of amides is 1. The Balaban J connectivity index is 1.34. The van der Waals surface area contributed by atoms with E-state index in [1.807, 2.05) is 54.6 Å². The first-order valence-electron chi connectivity index (χ1n) is 13.4. The lowest BCUT2D eigenvalue weighted by Gasteiger charge is -2.33. The molecule has 0 spiro atoms. The fourth-order valence-corrected chi connectivity index (χ4v) is 5.85. The van der Waals surface area contributed by atoms with Crippen molar-refractivity contribution in [1.82, 2.24) is 5.32 Å². The van der Waals surface area contributed by atoms with Gasteiger partial charge in [-0.25, -0.2) is 0 Å². The summed E-state index contributed by atoms with van der Waals surface area (Å²) in [5.74, 6) is -0.00330. The largest absolute Gasteiger partial charge is 0.489 e. The van der Waals surface area contributed by atoms with E-state index < -0.39 is 5.92 Å². The molecule has 2 N–H and O–H groups in total. The van der Waals surface area contributed by atoms with Gasteiger partial charge in [-0.3, -0.25) is 14.4 Å². The quantitative estimate of drug-likeness (QED) is 0.296. The maximum Gasteiger partial charge on any atom is 0.234 e. The molecule has 5 rings (SSSR count). The molecule has 1 aliphatic heterocycles. The van der Waals surface area contributed by atoms with E-state index in [9.17, 15) is 19.6 Å². The van der Waals surface area contributed by atoms with Crippen LogP contribution in [0.25, 0.3) is 0 Å². The van der Waals surface area contributed by atoms with Crippen molar-refractivity contribution in [1.29, 1.82) is 5.26 Å². The number of ketones is 2. The number of hydrogen-bond donors (Lipinski definition) is 2. The summed E-state index contributed by atoms with van der Waals surface area (Å²) in [4.78, 5) is 37.3. The first kappa shape index (κ1) is 27.9. The Labute approximate surface area is 243 Å². The number of nitrogens with zero attached hydrogens (tertiary/aromatic N) is 1. The third-order valence-corrected chi connectivity index (χ3v) is 8.06. The van der Waals surface area contributed by atoms with E-state index in [2.05, 4.69) is 16.7 Å². The Morgan fingerprint density at radius 3 is 2.44 bits per heavy atom. The molecule has 41 heavy (non-hydrogen) atoms. The Morgan fingerprint density at radius 2 is 1.76 bits per heavy atom. The predicted molar refractivity (Wildman–Crippen MR) is 159 cm³/mol. The van der Waals surface area contributed by atoms with Crippen molar-refractivity contribution in [2.45, 2.75) is 38.7 Å². The summed E-state index contributed by atoms with van der Waals surface area (Å²) >= 11 is 1.24. The van der Waals surface area contributed by atoms with E-state index in [0.29, 0.717) is 52.6 Å². The minimum Gasteiger partial charge on any atom is -0.489 e. The number of carbonyl (C=O) groups excluding carboxylic acids is 3. The zero-order valence-corrected chi connectivity index (χ0v) is 23.4. The first-order chi connectivity index (χ1) is 19.9. The lowest BCUT2D eigenvalue weighted by molar-refractivity contribution is -0.116. The highest BCUT2D eigenvalue weighted by Gasteiger charge is 2.37. The van der Waals surface area contributed by atoms with E-state index in [0.717, 1.165) is 23.2 Å². The Hall–Kier alpha value is -4.61. The number of anilines is 1. The van der Waals surface area contributed by atoms with Crippen LogP contribution in [0.1, 0.15) is 53.6 Å². The highest BCUT2D eigenvalue weighted by atomic mass is 32.2. The van der Waals surface area contributed by atoms with E-state index in [1.165, 1.54) is 18.7 Å². The topological polar surface area (TPSA) is 108 Å². The molecule has 0 radical (unpaired) electrons. The number of nitriles is 1. The molecule has 1 amide bonds. The molecule has 206 valence electrons. The molecule has 8 heteroatoms. The summed E-state index contributed by atoms with van der Waals surface area (Å²) in [6, 6.07) is 26.4. The number of ether oxygens (including phenoxy) is 1. The third kappa shape index (κ3) is 6.59. The molecular formula is C33H29N3O4S. The lowest BCUT2D eigenvalue weighted by atomic mass is 9.77. The third-order valence-electron chi connectivity index (χ3n) is 7.05. The zero-order chi connectivity index (χ0) is 28.8. The molecule has 7 nitrogen and oxygen atoms in total. The van der Waals surface area contributed by atoms with Crippen LogP contribution in [0.3, 0.4) is 0 Å². The number of hydrogen-bond acceptors (Lipinski definition) is 7. The number of carbonyl (C=O) groups is 3. The SMILES string of the molecule is CC(=O)c1ccc(NC(=O)CSC2=C(C#N)[C@@H](c3ccc(OCc4ccccc4)cc3)C3=C(CCCC3=O)N2)cc1. The molecule has 1 heterocycles. The van der Waals surface area contributed by atoms with Gasteiger partial charge in [-0.05, 0) is 67.3 Å². The standard InChI is InChI=1S/C33H29N3O4S/c1-21(37)23-10-14-25(15-11-23)35-30(39)20-41-33-27(18-34)31(32-28(36-33)8-5-9-29(32)38)24-12-16-26(17-13-24)40-19-22-6-3-2-4-7-22/h2-4,6-7,10-17,31,36H,5,8-9,19-20H2,1H3,(H,35,39)/t31-/m1/s1. The smallest absolute Gasteiger partial charge is 0.234 e. The first-order valence-corrected chi connectivity index (χ1v) is 14.4. The molecule has 0 aromatic heterocycles. The molecular weight excluding hydrogens is 534 g/mol. The zero-order valence-electron chi connectivity index (χ0n) is 22.6. The predicted octanol–water partition coefficient (Wildman–Crippen LogP) is 6.27. The summed E-state index contributed by atoms with van der Waals surface area (Å²) in [6.07, 6.45) is 1.88. The van der Waals surface area contributed by atoms with Gasteiger partial charge in [0.25, 0.3) is 0 Å². The van der Waals surface area contributed by atoms with Crippen molar-refractivity contribution in [3.8, 4) is 11.8 Å². The molecule has 0 bridgehead atoms. The molecule has 3 aromatic rings. The number of nitrogens with one attached hydrogen (secondary N) is 2. The fraction of sp³-hybridized carbons (Fsp3) is 0.212. The molecule has 2 aliphatic rings. The minimum absolute atomic E-state index is 0.0386. The number of dihydropyridines is 1. The molecule has 1 aliphatic carbocycles. The number of rotatable bonds is 9. The van der Waals surface area contributed by atoms with Crippen LogP contribution in [0, 0.1) is 11.3 Å². The van der Waals surface area contributed by atoms with Crippen LogP contribution in [-0.4, -0.2) is 23.2 Å². The summed E-state index contributed by atoms with van der Waals surface area (Å²) in [6.45, 7) is 1.93. The molecule has 0 unspecified atom stereocenters. The second-order valence-electron chi connectivity index (χ2n) is 9.90. The van der Waals surface area contributed by atoms with Crippen molar-refractivity contribution in [2.75, 3.05) is 11.1 Å². The molecule has 0 saturated heterocycles. The van der Waals surface area contributed by atoms with E-state index in [4.69, 9.17) is 4.74 Å². The van der Waals surface area contributed by atoms with Crippen LogP contribution >= 0.6 is 11.8 Å². The monoisotopic (exact) mass is 563 g/mol. The second kappa shape index (κ2) is 12.7. The van der Waals surface area contributed by atoms with Gasteiger partial charge in [-0.2, -0.15) is 5.26 Å². The van der Waals surface area contributed by atoms with Crippen LogP contribution in [0.5, 0.6) is 5.75 Å². The Bertz CT molecular complexity index is 1570. The normalized spacial score (nSPS) is 16.4. The van der Waals surface area contributed by atoms with Crippen molar-refractivity contribution >= 4 is 34.9 Å². The maximum absolute atomic E-state index is 13.1. The average molecular weight is 564 g/mol. The van der Waals surface area contributed by atoms with E-state index in [-0.39, 0.29) is 23.2 Å². The molecule has 1 atom stereocenters. The van der Waals surface area contributed by atoms with Gasteiger partial charge < -0.3 is 15.4 Å². The van der Waals surface area contributed by atoms with E-state index >= 15 is 0 Å². The van der Waals surface area contributed by atoms with Gasteiger partial charge in [0.2, 0.25) is 5.91 Å². The number of allylic oxidation sites excluding steroid dienone is 3. The van der Waals surface area contributed by atoms with Crippen LogP contribution in [0.2, 0.25) is 0 Å². The van der Waals surface area contributed by atoms with Crippen LogP contribution in [0.4, 0.5) is 5.69 Å². The van der Waals surface area contributed by atoms with Gasteiger partial charge in [-0.15, -0.1) is 0 Å². The number of thioether (sulfide) groups is 1. The minimum atomic E-state index is -0.517. The lowest BCUT2D eigenvalue weighted by Crippen LogP contribution is -2.31. The van der Waals surface area contributed by atoms with Gasteiger partial charge in [-0.1, -0.05) is 54.2 Å². The highest BCUT2D eigenvalue weighted by molar-refractivity contribution is 8.03. The van der Waals surface area contributed by atoms with Gasteiger partial charge in [0.05, 0.1) is 28.3 Å². The van der Waals surface area contributed by atoms with Crippen molar-refractivity contribution in [3.63, 3.8) is 0 Å². The summed E-state index contributed by atoms with van der Waals surface area (Å²) in [5, 5.41) is 17.0. The number of benzene rings is 3. The molecule has 0 fully saturated rings. The van der Waals surface area contributed by atoms with Gasteiger partial charge in [0, 0.05) is 28.9 Å². The fourth-order valence-electron chi connectivity index (χ4n) is 4.99. The summed E-state index contributed by atoms with van der Waals surface area (Å²) in [7, 11) is 0. The molecule has 3 aromatic carbocycles. The second-order valence-corrected chi connectivity index (χ2v) is 10.9. The Kier molecular flexibility index (Phi) is 8.66. The summed E-state index contributed by atoms with van der Waals surface area (Å²) < 4.78 is 5.93. The maximum atomic E-state index is 13.1. The van der Waals surface area contributed by atoms with Gasteiger partial charge >= 0.3 is 0 Å². The van der Waals surface area contributed by atoms with Crippen molar-refractivity contribution in [3.05, 3.63) is 117 Å². The average Bonchev–Trinajstić information content (AvgIpc) is 2.99. The van der Waals surface area contributed by atoms with Gasteiger partial charge in [0.1, 0.15) is 12.4 Å². The van der Waals surface area contributed by atoms with Crippen molar-refractivity contribution in [2.24, 2.45) is 0 Å². The summed E-state index contributed by atoms with van der Waals surface area (Å²) in [5.41, 5.74) is 4.91. The van der Waals surface area contributed by atoms with Crippen LogP contribution in [0.15, 0.2) is 101 Å². The highest BCUT2D eigenvalue weighted by Crippen LogP contribution is 2.44. The van der Waals surface area contributed by atoms with Gasteiger partial charge in [0.15, 0.2) is 11.6 Å². The van der Waals surface area contributed by atoms with Crippen LogP contribution in [-0.2, 0) is 16.2 Å². The van der Waals surface area contributed by atoms with Crippen LogP contribution < -0.4 is 15.4 Å². The van der Waals surface area contributed by atoms with Crippen molar-refractivity contribution < 1.29 is 19.1 Å². The Morgan fingerprint density at radius 1 is 1.02 bits per heavy atom. The van der Waals surface area contributed by atoms with E-state index in [1.54, 1.807) is 24.3 Å².